The van der Waals surface area contributed by atoms with Crippen LogP contribution < -0.4 is 5.32 Å². The van der Waals surface area contributed by atoms with E-state index in [2.05, 4.69) is 10.4 Å². The molecule has 2 aliphatic heterocycles. The molecule has 0 bridgehead atoms. The number of amidine groups is 1. The molecule has 2 unspecified atom stereocenters. The van der Waals surface area contributed by atoms with E-state index in [0.29, 0.717) is 36.7 Å². The fourth-order valence-electron chi connectivity index (χ4n) is 4.00. The molecule has 1 aromatic rings. The van der Waals surface area contributed by atoms with Gasteiger partial charge in [-0.25, -0.2) is 14.2 Å². The zero-order chi connectivity index (χ0) is 25.0. The van der Waals surface area contributed by atoms with Crippen molar-refractivity contribution in [2.75, 3.05) is 25.9 Å². The summed E-state index contributed by atoms with van der Waals surface area (Å²) in [5.41, 5.74) is -0.0629. The van der Waals surface area contributed by atoms with Gasteiger partial charge in [0.25, 0.3) is 5.91 Å². The molecule has 2 fully saturated rings. The van der Waals surface area contributed by atoms with E-state index < -0.39 is 23.4 Å². The Bertz CT molecular complexity index is 934. The highest BCUT2D eigenvalue weighted by molar-refractivity contribution is 8.13. The zero-order valence-electron chi connectivity index (χ0n) is 19.9. The van der Waals surface area contributed by atoms with Crippen LogP contribution >= 0.6 is 23.4 Å². The van der Waals surface area contributed by atoms with E-state index in [0.717, 1.165) is 6.07 Å². The monoisotopic (exact) mass is 514 g/mol. The first-order valence-electron chi connectivity index (χ1n) is 11.3. The van der Waals surface area contributed by atoms with Gasteiger partial charge < -0.3 is 20.1 Å². The summed E-state index contributed by atoms with van der Waals surface area (Å²) >= 11 is 7.53. The van der Waals surface area contributed by atoms with Crippen molar-refractivity contribution in [2.45, 2.75) is 63.7 Å². The summed E-state index contributed by atoms with van der Waals surface area (Å²) in [5, 5.41) is 20.2. The highest BCUT2D eigenvalue weighted by atomic mass is 35.5. The number of piperidine rings is 2. The predicted molar refractivity (Wildman–Crippen MR) is 131 cm³/mol. The molecule has 0 radical (unpaired) electrons. The van der Waals surface area contributed by atoms with Crippen LogP contribution in [0.1, 0.15) is 51.5 Å². The summed E-state index contributed by atoms with van der Waals surface area (Å²) in [6.45, 7) is 6.70. The van der Waals surface area contributed by atoms with Crippen LogP contribution in [-0.4, -0.2) is 75.8 Å². The van der Waals surface area contributed by atoms with Crippen LogP contribution in [-0.2, 0) is 9.53 Å². The van der Waals surface area contributed by atoms with Gasteiger partial charge in [0.15, 0.2) is 5.17 Å². The Hall–Kier alpha value is -2.04. The molecule has 188 valence electrons. The maximum atomic E-state index is 13.5. The highest BCUT2D eigenvalue weighted by Gasteiger charge is 2.36. The molecule has 2 aliphatic rings. The van der Waals surface area contributed by atoms with Crippen LogP contribution in [0.5, 0.6) is 0 Å². The number of aliphatic hydroxyl groups is 1. The van der Waals surface area contributed by atoms with Gasteiger partial charge in [0.2, 0.25) is 0 Å². The van der Waals surface area contributed by atoms with Gasteiger partial charge in [-0.2, -0.15) is 0 Å². The van der Waals surface area contributed by atoms with E-state index in [1.54, 1.807) is 4.90 Å². The van der Waals surface area contributed by atoms with Gasteiger partial charge in [0.05, 0.1) is 18.6 Å². The number of aliphatic hydroxyl groups excluding tert-OH is 1. The van der Waals surface area contributed by atoms with Crippen molar-refractivity contribution in [3.8, 4) is 0 Å². The Morgan fingerprint density at radius 2 is 2.00 bits per heavy atom. The van der Waals surface area contributed by atoms with Crippen molar-refractivity contribution in [1.82, 2.24) is 15.2 Å². The summed E-state index contributed by atoms with van der Waals surface area (Å²) in [5.74, 6) is -1.49. The van der Waals surface area contributed by atoms with Crippen molar-refractivity contribution in [1.29, 1.82) is 0 Å². The number of hydrazone groups is 1. The van der Waals surface area contributed by atoms with Crippen LogP contribution in [0.25, 0.3) is 0 Å². The highest BCUT2D eigenvalue weighted by Crippen LogP contribution is 2.33. The zero-order valence-corrected chi connectivity index (χ0v) is 21.5. The number of amides is 2. The number of ether oxygens (including phenoxy) is 1. The van der Waals surface area contributed by atoms with E-state index in [9.17, 15) is 19.1 Å². The number of β-amino-alcohol motifs (C(OH)–C–C–N with tert-alkyl or cyclic N) is 1. The standard InChI is InChI=1S/C23H32ClFN4O4S/c1-23(2,3)33-22(32)28-9-7-15(8-10-28)26-21(34-4)27-29-13-16(30)12-18(20(29)31)17-6-5-14(25)11-19(17)24/h5-6,11,15-16,18,30H,7-10,12-13H2,1-4H3,(H,26,27). The van der Waals surface area contributed by atoms with E-state index in [-0.39, 0.29) is 36.0 Å². The van der Waals surface area contributed by atoms with Gasteiger partial charge in [-0.05, 0) is 64.0 Å². The van der Waals surface area contributed by atoms with Crippen LogP contribution in [0.15, 0.2) is 23.3 Å². The van der Waals surface area contributed by atoms with E-state index in [1.807, 2.05) is 27.0 Å². The average Bonchev–Trinajstić information content (AvgIpc) is 2.75. The lowest BCUT2D eigenvalue weighted by Gasteiger charge is -2.35. The summed E-state index contributed by atoms with van der Waals surface area (Å²) in [6.07, 6.45) is 2.37. The maximum absolute atomic E-state index is 13.5. The van der Waals surface area contributed by atoms with Gasteiger partial charge in [0.1, 0.15) is 11.4 Å². The molecule has 1 aromatic carbocycles. The molecule has 0 saturated carbocycles. The summed E-state index contributed by atoms with van der Waals surface area (Å²) in [6, 6.07) is 3.97. The third-order valence-electron chi connectivity index (χ3n) is 5.66. The Labute approximate surface area is 208 Å². The third-order valence-corrected chi connectivity index (χ3v) is 6.57. The van der Waals surface area contributed by atoms with Crippen molar-refractivity contribution in [3.05, 3.63) is 34.6 Å². The first kappa shape index (κ1) is 26.6. The molecular formula is C23H32ClFN4O4S. The molecule has 2 atom stereocenters. The van der Waals surface area contributed by atoms with Crippen LogP contribution in [0.3, 0.4) is 0 Å². The van der Waals surface area contributed by atoms with E-state index in [1.165, 1.54) is 28.9 Å². The predicted octanol–water partition coefficient (Wildman–Crippen LogP) is 3.78. The minimum Gasteiger partial charge on any atom is -0.444 e. The first-order valence-corrected chi connectivity index (χ1v) is 12.9. The Kier molecular flexibility index (Phi) is 8.70. The number of benzene rings is 1. The van der Waals surface area contributed by atoms with Gasteiger partial charge in [-0.1, -0.05) is 29.4 Å². The topological polar surface area (TPSA) is 94.5 Å². The maximum Gasteiger partial charge on any atom is 0.410 e. The second kappa shape index (κ2) is 11.1. The van der Waals surface area contributed by atoms with E-state index >= 15 is 0 Å². The number of carbonyl (C=O) groups excluding carboxylic acids is 2. The number of nitrogens with zero attached hydrogens (tertiary/aromatic N) is 3. The Balaban J connectivity index is 1.64. The number of halogens is 2. The summed E-state index contributed by atoms with van der Waals surface area (Å²) in [7, 11) is 0. The number of likely N-dealkylation sites (tertiary alicyclic amines) is 1. The minimum atomic E-state index is -0.784. The first-order chi connectivity index (χ1) is 16.0. The molecule has 34 heavy (non-hydrogen) atoms. The molecule has 0 spiro atoms. The van der Waals surface area contributed by atoms with Crippen molar-refractivity contribution >= 4 is 40.5 Å². The van der Waals surface area contributed by atoms with Crippen molar-refractivity contribution in [3.63, 3.8) is 0 Å². The number of hydrogen-bond donors (Lipinski definition) is 2. The quantitative estimate of drug-likeness (QED) is 0.471. The van der Waals surface area contributed by atoms with Gasteiger partial charge in [-0.3, -0.25) is 4.79 Å². The Morgan fingerprint density at radius 1 is 1.32 bits per heavy atom. The molecule has 3 rings (SSSR count). The molecule has 11 heteroatoms. The lowest BCUT2D eigenvalue weighted by molar-refractivity contribution is -0.139. The lowest BCUT2D eigenvalue weighted by Crippen LogP contribution is -2.48. The minimum absolute atomic E-state index is 0.0664. The smallest absolute Gasteiger partial charge is 0.410 e. The number of hydrogen-bond acceptors (Lipinski definition) is 6. The van der Waals surface area contributed by atoms with Gasteiger partial charge in [-0.15, -0.1) is 5.10 Å². The molecule has 0 aliphatic carbocycles. The average molecular weight is 515 g/mol. The van der Waals surface area contributed by atoms with Crippen molar-refractivity contribution in [2.24, 2.45) is 5.10 Å². The molecular weight excluding hydrogens is 483 g/mol. The fraction of sp³-hybridized carbons (Fsp3) is 0.609. The van der Waals surface area contributed by atoms with E-state index in [4.69, 9.17) is 16.3 Å². The fourth-order valence-corrected chi connectivity index (χ4v) is 4.76. The van der Waals surface area contributed by atoms with Crippen molar-refractivity contribution < 1.29 is 23.8 Å². The Morgan fingerprint density at radius 3 is 2.59 bits per heavy atom. The van der Waals surface area contributed by atoms with Crippen LogP contribution in [0, 0.1) is 5.82 Å². The summed E-state index contributed by atoms with van der Waals surface area (Å²) in [4.78, 5) is 27.1. The molecule has 2 heterocycles. The molecule has 8 nitrogen and oxygen atoms in total. The third kappa shape index (κ3) is 6.99. The summed E-state index contributed by atoms with van der Waals surface area (Å²) < 4.78 is 18.9. The van der Waals surface area contributed by atoms with Gasteiger partial charge >= 0.3 is 6.09 Å². The lowest BCUT2D eigenvalue weighted by atomic mass is 9.89. The second-order valence-corrected chi connectivity index (χ2v) is 10.7. The van der Waals surface area contributed by atoms with Crippen LogP contribution in [0.2, 0.25) is 5.02 Å². The number of thioether (sulfide) groups is 1. The SMILES string of the molecule is CS/C(=N\N1CC(O)CC(c2ccc(F)cc2Cl)C1=O)NC1CCN(C(=O)OC(C)(C)C)CC1. The molecule has 2 amide bonds. The molecule has 2 saturated heterocycles. The molecule has 0 aromatic heterocycles. The van der Waals surface area contributed by atoms with Crippen LogP contribution in [0.4, 0.5) is 9.18 Å². The normalized spacial score (nSPS) is 22.7. The number of carbonyl (C=O) groups is 2. The number of rotatable bonds is 3. The number of nitrogens with one attached hydrogen (secondary N) is 1. The second-order valence-electron chi connectivity index (χ2n) is 9.52. The van der Waals surface area contributed by atoms with Gasteiger partial charge in [0, 0.05) is 24.2 Å². The molecule has 2 N–H and O–H groups in total. The largest absolute Gasteiger partial charge is 0.444 e.